The van der Waals surface area contributed by atoms with E-state index < -0.39 is 0 Å². The summed E-state index contributed by atoms with van der Waals surface area (Å²) in [6, 6.07) is 8.49. The third-order valence-electron chi connectivity index (χ3n) is 3.43. The summed E-state index contributed by atoms with van der Waals surface area (Å²) < 4.78 is 5.68. The standard InChI is InChI=1S/C17H30N2O/c1-5-6-13-20-15-9-7-14(8-10-15)16(19-18)11-12-17(2,3)4/h7-10,16,19H,5-6,11-13,18H2,1-4H3. The smallest absolute Gasteiger partial charge is 0.119 e. The molecule has 0 aliphatic heterocycles. The van der Waals surface area contributed by atoms with Crippen molar-refractivity contribution in [2.45, 2.75) is 59.4 Å². The Morgan fingerprint density at radius 2 is 1.85 bits per heavy atom. The van der Waals surface area contributed by atoms with Crippen LogP contribution in [0.15, 0.2) is 24.3 Å². The molecule has 1 atom stereocenters. The van der Waals surface area contributed by atoms with Crippen LogP contribution in [0.3, 0.4) is 0 Å². The Labute approximate surface area is 123 Å². The van der Waals surface area contributed by atoms with Crippen LogP contribution in [0.5, 0.6) is 5.75 Å². The maximum absolute atomic E-state index is 5.69. The summed E-state index contributed by atoms with van der Waals surface area (Å²) >= 11 is 0. The Kier molecular flexibility index (Phi) is 7.03. The van der Waals surface area contributed by atoms with Crippen molar-refractivity contribution in [3.63, 3.8) is 0 Å². The number of nitrogens with two attached hydrogens (primary N) is 1. The first kappa shape index (κ1) is 17.0. The van der Waals surface area contributed by atoms with Gasteiger partial charge < -0.3 is 4.74 Å². The number of rotatable bonds is 8. The summed E-state index contributed by atoms with van der Waals surface area (Å²) in [7, 11) is 0. The number of ether oxygens (including phenoxy) is 1. The third-order valence-corrected chi connectivity index (χ3v) is 3.43. The molecule has 1 rings (SSSR count). The van der Waals surface area contributed by atoms with Crippen molar-refractivity contribution in [2.24, 2.45) is 11.3 Å². The van der Waals surface area contributed by atoms with Gasteiger partial charge in [0.15, 0.2) is 0 Å². The number of unbranched alkanes of at least 4 members (excludes halogenated alkanes) is 1. The fraction of sp³-hybridized carbons (Fsp3) is 0.647. The molecule has 3 heteroatoms. The van der Waals surface area contributed by atoms with Crippen LogP contribution in [-0.2, 0) is 0 Å². The molecule has 0 aliphatic carbocycles. The van der Waals surface area contributed by atoms with Gasteiger partial charge in [0, 0.05) is 6.04 Å². The van der Waals surface area contributed by atoms with Crippen molar-refractivity contribution in [2.75, 3.05) is 6.61 Å². The van der Waals surface area contributed by atoms with Crippen LogP contribution in [0.1, 0.15) is 65.0 Å². The Morgan fingerprint density at radius 1 is 1.20 bits per heavy atom. The van der Waals surface area contributed by atoms with Gasteiger partial charge in [0.1, 0.15) is 5.75 Å². The average molecular weight is 278 g/mol. The summed E-state index contributed by atoms with van der Waals surface area (Å²) in [6.45, 7) is 9.72. The van der Waals surface area contributed by atoms with E-state index >= 15 is 0 Å². The Morgan fingerprint density at radius 3 is 2.35 bits per heavy atom. The lowest BCUT2D eigenvalue weighted by molar-refractivity contribution is 0.309. The molecule has 0 heterocycles. The summed E-state index contributed by atoms with van der Waals surface area (Å²) in [6.07, 6.45) is 4.43. The number of benzene rings is 1. The molecule has 0 aliphatic rings. The summed E-state index contributed by atoms with van der Waals surface area (Å²) in [5.41, 5.74) is 4.48. The topological polar surface area (TPSA) is 47.3 Å². The molecule has 0 saturated heterocycles. The molecule has 1 aromatic rings. The minimum Gasteiger partial charge on any atom is -0.494 e. The molecule has 0 saturated carbocycles. The first-order valence-electron chi connectivity index (χ1n) is 7.65. The van der Waals surface area contributed by atoms with Crippen LogP contribution in [-0.4, -0.2) is 6.61 Å². The highest BCUT2D eigenvalue weighted by molar-refractivity contribution is 5.29. The molecule has 20 heavy (non-hydrogen) atoms. The number of hydrogen-bond acceptors (Lipinski definition) is 3. The van der Waals surface area contributed by atoms with Gasteiger partial charge >= 0.3 is 0 Å². The third kappa shape index (κ3) is 6.40. The van der Waals surface area contributed by atoms with Crippen LogP contribution in [0.25, 0.3) is 0 Å². The zero-order valence-electron chi connectivity index (χ0n) is 13.4. The van der Waals surface area contributed by atoms with Gasteiger partial charge in [-0.15, -0.1) is 0 Å². The molecule has 0 fully saturated rings. The highest BCUT2D eigenvalue weighted by Gasteiger charge is 2.15. The van der Waals surface area contributed by atoms with E-state index in [1.807, 2.05) is 12.1 Å². The molecule has 3 N–H and O–H groups in total. The minimum atomic E-state index is 0.207. The van der Waals surface area contributed by atoms with Gasteiger partial charge in [-0.05, 0) is 42.4 Å². The van der Waals surface area contributed by atoms with Crippen LogP contribution >= 0.6 is 0 Å². The summed E-state index contributed by atoms with van der Waals surface area (Å²) in [5.74, 6) is 6.63. The van der Waals surface area contributed by atoms with Gasteiger partial charge in [-0.1, -0.05) is 46.2 Å². The fourth-order valence-corrected chi connectivity index (χ4v) is 2.05. The molecule has 3 nitrogen and oxygen atoms in total. The van der Waals surface area contributed by atoms with E-state index in [1.165, 1.54) is 5.56 Å². The summed E-state index contributed by atoms with van der Waals surface area (Å²) in [5, 5.41) is 0. The second kappa shape index (κ2) is 8.28. The van der Waals surface area contributed by atoms with Crippen LogP contribution in [0, 0.1) is 5.41 Å². The van der Waals surface area contributed by atoms with Crippen molar-refractivity contribution in [1.29, 1.82) is 0 Å². The number of nitrogens with one attached hydrogen (secondary N) is 1. The molecule has 0 spiro atoms. The normalized spacial score (nSPS) is 13.2. The first-order chi connectivity index (χ1) is 9.46. The van der Waals surface area contributed by atoms with Crippen molar-refractivity contribution < 1.29 is 4.74 Å². The van der Waals surface area contributed by atoms with Crippen molar-refractivity contribution in [3.05, 3.63) is 29.8 Å². The molecule has 0 amide bonds. The van der Waals surface area contributed by atoms with E-state index in [4.69, 9.17) is 10.6 Å². The number of hydrazine groups is 1. The van der Waals surface area contributed by atoms with Gasteiger partial charge in [0.05, 0.1) is 6.61 Å². The average Bonchev–Trinajstić information content (AvgIpc) is 2.40. The van der Waals surface area contributed by atoms with Crippen molar-refractivity contribution in [1.82, 2.24) is 5.43 Å². The van der Waals surface area contributed by atoms with Gasteiger partial charge in [-0.2, -0.15) is 0 Å². The second-order valence-corrected chi connectivity index (χ2v) is 6.59. The highest BCUT2D eigenvalue weighted by atomic mass is 16.5. The quantitative estimate of drug-likeness (QED) is 0.426. The Balaban J connectivity index is 2.55. The van der Waals surface area contributed by atoms with Gasteiger partial charge in [0.25, 0.3) is 0 Å². The monoisotopic (exact) mass is 278 g/mol. The van der Waals surface area contributed by atoms with E-state index in [2.05, 4.69) is 45.3 Å². The maximum atomic E-state index is 5.69. The predicted molar refractivity (Wildman–Crippen MR) is 85.6 cm³/mol. The predicted octanol–water partition coefficient (Wildman–Crippen LogP) is 4.20. The fourth-order valence-electron chi connectivity index (χ4n) is 2.05. The van der Waals surface area contributed by atoms with E-state index in [0.717, 1.165) is 38.0 Å². The minimum absolute atomic E-state index is 0.207. The molecule has 0 bridgehead atoms. The SMILES string of the molecule is CCCCOc1ccc(C(CCC(C)(C)C)NN)cc1. The van der Waals surface area contributed by atoms with Gasteiger partial charge in [-0.25, -0.2) is 0 Å². The molecular formula is C17H30N2O. The van der Waals surface area contributed by atoms with E-state index in [9.17, 15) is 0 Å². The number of hydrogen-bond donors (Lipinski definition) is 2. The van der Waals surface area contributed by atoms with Crippen molar-refractivity contribution in [3.8, 4) is 5.75 Å². The van der Waals surface area contributed by atoms with E-state index in [1.54, 1.807) is 0 Å². The molecule has 114 valence electrons. The second-order valence-electron chi connectivity index (χ2n) is 6.59. The first-order valence-corrected chi connectivity index (χ1v) is 7.65. The molecular weight excluding hydrogens is 248 g/mol. The van der Waals surface area contributed by atoms with Crippen LogP contribution in [0.4, 0.5) is 0 Å². The zero-order valence-corrected chi connectivity index (χ0v) is 13.4. The lowest BCUT2D eigenvalue weighted by Crippen LogP contribution is -2.28. The Hall–Kier alpha value is -1.06. The molecule has 0 aromatic heterocycles. The van der Waals surface area contributed by atoms with Crippen molar-refractivity contribution >= 4 is 0 Å². The van der Waals surface area contributed by atoms with Gasteiger partial charge in [0.2, 0.25) is 0 Å². The van der Waals surface area contributed by atoms with E-state index in [-0.39, 0.29) is 6.04 Å². The highest BCUT2D eigenvalue weighted by Crippen LogP contribution is 2.27. The summed E-state index contributed by atoms with van der Waals surface area (Å²) in [4.78, 5) is 0. The lowest BCUT2D eigenvalue weighted by atomic mass is 9.87. The van der Waals surface area contributed by atoms with Gasteiger partial charge in [-0.3, -0.25) is 11.3 Å². The molecule has 1 unspecified atom stereocenters. The van der Waals surface area contributed by atoms with Crippen LogP contribution < -0.4 is 16.0 Å². The Bertz CT molecular complexity index is 368. The molecule has 0 radical (unpaired) electrons. The van der Waals surface area contributed by atoms with E-state index in [0.29, 0.717) is 5.41 Å². The zero-order chi connectivity index (χ0) is 15.0. The molecule has 1 aromatic carbocycles. The lowest BCUT2D eigenvalue weighted by Gasteiger charge is -2.23. The largest absolute Gasteiger partial charge is 0.494 e. The van der Waals surface area contributed by atoms with Crippen LogP contribution in [0.2, 0.25) is 0 Å². The maximum Gasteiger partial charge on any atom is 0.119 e.